The molecule has 0 saturated carbocycles. The van der Waals surface area contributed by atoms with Crippen LogP contribution < -0.4 is 5.32 Å². The predicted molar refractivity (Wildman–Crippen MR) is 94.0 cm³/mol. The number of carbonyl (C=O) groups is 2. The fourth-order valence-corrected chi connectivity index (χ4v) is 3.32. The Morgan fingerprint density at radius 3 is 2.32 bits per heavy atom. The highest BCUT2D eigenvalue weighted by molar-refractivity contribution is 7.87. The largest absolute Gasteiger partial charge is 0.325 e. The van der Waals surface area contributed by atoms with Crippen molar-refractivity contribution in [3.8, 4) is 0 Å². The molecule has 1 N–H and O–H groups in total. The van der Waals surface area contributed by atoms with Gasteiger partial charge in [0.15, 0.2) is 5.78 Å². The molecule has 6 nitrogen and oxygen atoms in total. The standard InChI is InChI=1S/C18H19NO5S/c1-3-11-24-25(22,23)17-10-9-15(12-16(17)19-13(2)20)18(21)14-7-5-4-6-8-14/h4-10,12H,3,11H2,1-2H3,(H,19,20). The third-order valence-electron chi connectivity index (χ3n) is 3.30. The number of hydrogen-bond donors (Lipinski definition) is 1. The minimum Gasteiger partial charge on any atom is -0.325 e. The summed E-state index contributed by atoms with van der Waals surface area (Å²) in [5, 5.41) is 2.45. The summed E-state index contributed by atoms with van der Waals surface area (Å²) in [6.45, 7) is 3.08. The normalized spacial score (nSPS) is 11.1. The number of benzene rings is 2. The van der Waals surface area contributed by atoms with Gasteiger partial charge in [0, 0.05) is 18.1 Å². The van der Waals surface area contributed by atoms with E-state index < -0.39 is 16.0 Å². The molecule has 1 amide bonds. The molecule has 0 heterocycles. The highest BCUT2D eigenvalue weighted by Gasteiger charge is 2.22. The van der Waals surface area contributed by atoms with Gasteiger partial charge in [0.2, 0.25) is 5.91 Å². The van der Waals surface area contributed by atoms with E-state index in [4.69, 9.17) is 4.18 Å². The third kappa shape index (κ3) is 4.74. The Hall–Kier alpha value is -2.51. The molecule has 2 aromatic carbocycles. The summed E-state index contributed by atoms with van der Waals surface area (Å²) in [5.74, 6) is -0.720. The average molecular weight is 361 g/mol. The highest BCUT2D eigenvalue weighted by atomic mass is 32.2. The third-order valence-corrected chi connectivity index (χ3v) is 4.67. The SMILES string of the molecule is CCCOS(=O)(=O)c1ccc(C(=O)c2ccccc2)cc1NC(C)=O. The molecule has 0 bridgehead atoms. The van der Waals surface area contributed by atoms with Crippen molar-refractivity contribution in [2.75, 3.05) is 11.9 Å². The molecule has 0 unspecified atom stereocenters. The molecular formula is C18H19NO5S. The average Bonchev–Trinajstić information content (AvgIpc) is 2.59. The fraction of sp³-hybridized carbons (Fsp3) is 0.222. The summed E-state index contributed by atoms with van der Waals surface area (Å²) in [6.07, 6.45) is 0.527. The van der Waals surface area contributed by atoms with Crippen LogP contribution in [-0.2, 0) is 19.1 Å². The Bertz CT molecular complexity index is 876. The van der Waals surface area contributed by atoms with Gasteiger partial charge in [0.1, 0.15) is 4.90 Å². The van der Waals surface area contributed by atoms with Gasteiger partial charge in [-0.25, -0.2) is 0 Å². The first-order chi connectivity index (χ1) is 11.8. The van der Waals surface area contributed by atoms with Crippen molar-refractivity contribution in [2.24, 2.45) is 0 Å². The van der Waals surface area contributed by atoms with Crippen LogP contribution in [-0.4, -0.2) is 26.7 Å². The number of rotatable bonds is 7. The lowest BCUT2D eigenvalue weighted by atomic mass is 10.0. The molecule has 0 aliphatic rings. The molecule has 0 spiro atoms. The van der Waals surface area contributed by atoms with Crippen LogP contribution in [0, 0.1) is 0 Å². The maximum Gasteiger partial charge on any atom is 0.299 e. The van der Waals surface area contributed by atoms with E-state index in [0.29, 0.717) is 12.0 Å². The van der Waals surface area contributed by atoms with E-state index in [9.17, 15) is 18.0 Å². The Morgan fingerprint density at radius 2 is 1.72 bits per heavy atom. The Kier molecular flexibility index (Phi) is 6.06. The molecule has 132 valence electrons. The first-order valence-electron chi connectivity index (χ1n) is 7.76. The highest BCUT2D eigenvalue weighted by Crippen LogP contribution is 2.26. The summed E-state index contributed by atoms with van der Waals surface area (Å²) in [6, 6.07) is 12.6. The van der Waals surface area contributed by atoms with Crippen molar-refractivity contribution in [1.29, 1.82) is 0 Å². The molecule has 0 aromatic heterocycles. The predicted octanol–water partition coefficient (Wildman–Crippen LogP) is 2.99. The van der Waals surface area contributed by atoms with Gasteiger partial charge in [-0.2, -0.15) is 8.42 Å². The minimum atomic E-state index is -4.03. The van der Waals surface area contributed by atoms with Gasteiger partial charge >= 0.3 is 0 Å². The van der Waals surface area contributed by atoms with Crippen LogP contribution in [0.1, 0.15) is 36.2 Å². The van der Waals surface area contributed by atoms with Gasteiger partial charge in [0.25, 0.3) is 10.1 Å². The molecule has 0 aliphatic heterocycles. The molecule has 25 heavy (non-hydrogen) atoms. The molecular weight excluding hydrogens is 342 g/mol. The van der Waals surface area contributed by atoms with Crippen molar-refractivity contribution in [1.82, 2.24) is 0 Å². The first kappa shape index (κ1) is 18.8. The molecule has 0 aliphatic carbocycles. The molecule has 2 rings (SSSR count). The number of carbonyl (C=O) groups excluding carboxylic acids is 2. The maximum atomic E-state index is 12.5. The molecule has 7 heteroatoms. The molecule has 0 fully saturated rings. The van der Waals surface area contributed by atoms with Crippen molar-refractivity contribution >= 4 is 27.5 Å². The number of ketones is 1. The number of anilines is 1. The lowest BCUT2D eigenvalue weighted by molar-refractivity contribution is -0.114. The number of amides is 1. The topological polar surface area (TPSA) is 89.5 Å². The van der Waals surface area contributed by atoms with Crippen LogP contribution in [0.3, 0.4) is 0 Å². The summed E-state index contributed by atoms with van der Waals surface area (Å²) < 4.78 is 29.5. The smallest absolute Gasteiger partial charge is 0.299 e. The van der Waals surface area contributed by atoms with Crippen molar-refractivity contribution < 1.29 is 22.2 Å². The fourth-order valence-electron chi connectivity index (χ4n) is 2.19. The van der Waals surface area contributed by atoms with E-state index in [1.165, 1.54) is 25.1 Å². The van der Waals surface area contributed by atoms with Gasteiger partial charge in [-0.1, -0.05) is 37.3 Å². The van der Waals surface area contributed by atoms with Crippen LogP contribution >= 0.6 is 0 Å². The zero-order valence-electron chi connectivity index (χ0n) is 14.0. The second kappa shape index (κ2) is 8.04. The molecule has 0 saturated heterocycles. The summed E-state index contributed by atoms with van der Waals surface area (Å²) in [5.41, 5.74) is 0.754. The summed E-state index contributed by atoms with van der Waals surface area (Å²) in [4.78, 5) is 23.8. The second-order valence-electron chi connectivity index (χ2n) is 5.36. The Morgan fingerprint density at radius 1 is 1.04 bits per heavy atom. The van der Waals surface area contributed by atoms with Gasteiger partial charge < -0.3 is 5.32 Å². The van der Waals surface area contributed by atoms with Crippen LogP contribution in [0.25, 0.3) is 0 Å². The van der Waals surface area contributed by atoms with E-state index in [1.807, 2.05) is 0 Å². The van der Waals surface area contributed by atoms with E-state index >= 15 is 0 Å². The Balaban J connectivity index is 2.47. The van der Waals surface area contributed by atoms with Crippen molar-refractivity contribution in [3.63, 3.8) is 0 Å². The zero-order chi connectivity index (χ0) is 18.4. The minimum absolute atomic E-state index is 0.0189. The van der Waals surface area contributed by atoms with E-state index in [1.54, 1.807) is 37.3 Å². The summed E-state index contributed by atoms with van der Waals surface area (Å²) >= 11 is 0. The van der Waals surface area contributed by atoms with E-state index in [-0.39, 0.29) is 28.5 Å². The zero-order valence-corrected chi connectivity index (χ0v) is 14.8. The monoisotopic (exact) mass is 361 g/mol. The van der Waals surface area contributed by atoms with Crippen LogP contribution in [0.2, 0.25) is 0 Å². The van der Waals surface area contributed by atoms with Gasteiger partial charge in [-0.15, -0.1) is 0 Å². The summed E-state index contributed by atoms with van der Waals surface area (Å²) in [7, 11) is -4.03. The maximum absolute atomic E-state index is 12.5. The van der Waals surface area contributed by atoms with Crippen LogP contribution in [0.5, 0.6) is 0 Å². The molecule has 0 radical (unpaired) electrons. The van der Waals surface area contributed by atoms with E-state index in [0.717, 1.165) is 0 Å². The van der Waals surface area contributed by atoms with Crippen molar-refractivity contribution in [3.05, 3.63) is 59.7 Å². The van der Waals surface area contributed by atoms with Gasteiger partial charge in [-0.05, 0) is 24.6 Å². The van der Waals surface area contributed by atoms with Crippen LogP contribution in [0.15, 0.2) is 53.4 Å². The number of hydrogen-bond acceptors (Lipinski definition) is 5. The lowest BCUT2D eigenvalue weighted by Gasteiger charge is -2.12. The van der Waals surface area contributed by atoms with E-state index in [2.05, 4.69) is 5.32 Å². The lowest BCUT2D eigenvalue weighted by Crippen LogP contribution is -2.14. The first-order valence-corrected chi connectivity index (χ1v) is 9.17. The van der Waals surface area contributed by atoms with Crippen LogP contribution in [0.4, 0.5) is 5.69 Å². The molecule has 0 atom stereocenters. The number of nitrogens with one attached hydrogen (secondary N) is 1. The van der Waals surface area contributed by atoms with Gasteiger partial charge in [0.05, 0.1) is 12.3 Å². The Labute approximate surface area is 146 Å². The van der Waals surface area contributed by atoms with Crippen molar-refractivity contribution in [2.45, 2.75) is 25.2 Å². The van der Waals surface area contributed by atoms with Gasteiger partial charge in [-0.3, -0.25) is 13.8 Å². The molecule has 2 aromatic rings. The second-order valence-corrected chi connectivity index (χ2v) is 6.95. The quantitative estimate of drug-likeness (QED) is 0.605.